The van der Waals surface area contributed by atoms with Gasteiger partial charge in [0, 0.05) is 11.3 Å². The maximum Gasteiger partial charge on any atom is 0.315 e. The highest BCUT2D eigenvalue weighted by Crippen LogP contribution is 2.76. The van der Waals surface area contributed by atoms with Crippen molar-refractivity contribution in [2.75, 3.05) is 19.8 Å². The van der Waals surface area contributed by atoms with E-state index < -0.39 is 169 Å². The molecule has 3 aliphatic heterocycles. The fourth-order valence-corrected chi connectivity index (χ4v) is 15.4. The lowest BCUT2D eigenvalue weighted by Gasteiger charge is -2.72. The SMILES string of the molecule is CC1OC(OC2C(CO)OC(OCC3OC(OC(=O)[C@]45CC[C@@H](C)[C@H](C)[C@H]4C4=CCC6[C@@]7(C)CC(O)C(O)C(C)(CO)C7C(O)C[C@@]6(C)[C@]4(C)CC5)C(O)C(O)C3O)C(O)C2O)C(O)C(O)C1O. The van der Waals surface area contributed by atoms with Crippen molar-refractivity contribution in [2.45, 2.75) is 204 Å². The maximum absolute atomic E-state index is 15.0. The van der Waals surface area contributed by atoms with Crippen molar-refractivity contribution in [1.82, 2.24) is 0 Å². The molecule has 21 unspecified atom stereocenters. The molecule has 0 radical (unpaired) electrons. The molecule has 5 aliphatic carbocycles. The van der Waals surface area contributed by atoms with Crippen molar-refractivity contribution in [2.24, 2.45) is 56.7 Å². The Labute approximate surface area is 396 Å². The molecular weight excluding hydrogens is 897 g/mol. The average Bonchev–Trinajstić information content (AvgIpc) is 3.29. The van der Waals surface area contributed by atoms with Crippen LogP contribution in [-0.2, 0) is 33.2 Å². The Bertz CT molecular complexity index is 1860. The normalized spacial score (nSPS) is 57.1. The highest BCUT2D eigenvalue weighted by Gasteiger charge is 2.73. The molecule has 4 saturated carbocycles. The molecule has 0 aromatic heterocycles. The van der Waals surface area contributed by atoms with Crippen molar-refractivity contribution in [3.63, 3.8) is 0 Å². The Kier molecular flexibility index (Phi) is 14.6. The van der Waals surface area contributed by atoms with Gasteiger partial charge in [-0.1, -0.05) is 53.2 Å². The molecular formula is C48H78O20. The van der Waals surface area contributed by atoms with Gasteiger partial charge in [0.25, 0.3) is 0 Å². The van der Waals surface area contributed by atoms with E-state index in [0.717, 1.165) is 5.57 Å². The smallest absolute Gasteiger partial charge is 0.315 e. The predicted octanol–water partition coefficient (Wildman–Crippen LogP) is -2.06. The standard InChI is InChI=1S/C48H78O20/c1-19-10-11-48(13-12-46(6)22(28(48)20(19)2)8-9-27-44(4)14-24(52)39(61)45(5,18-50)38(44)23(51)15-47(27,46)7)43(62)68-42-35(59)32(56)30(54)26(66-42)17-63-40-36(60)33(57)37(25(16-49)65-40)67-41-34(58)31(55)29(53)21(3)64-41/h8,19-21,23-42,49-61H,9-18H2,1-7H3/t19-,20+,21?,23?,24?,25?,26?,27?,28+,29?,30?,31?,32?,33?,34?,35?,36?,37?,38?,39?,40?,41?,42?,44-,45?,46-,47-,48+/m1/s1. The monoisotopic (exact) mass is 975 g/mol. The third-order valence-corrected chi connectivity index (χ3v) is 19.6. The summed E-state index contributed by atoms with van der Waals surface area (Å²) in [6.45, 7) is 12.1. The van der Waals surface area contributed by atoms with E-state index in [1.807, 2.05) is 0 Å². The Balaban J connectivity index is 0.994. The molecule has 0 aromatic rings. The second-order valence-electron chi connectivity index (χ2n) is 23.1. The van der Waals surface area contributed by atoms with Crippen LogP contribution in [0.1, 0.15) is 93.4 Å². The first-order valence-electron chi connectivity index (χ1n) is 24.6. The third-order valence-electron chi connectivity index (χ3n) is 19.6. The summed E-state index contributed by atoms with van der Waals surface area (Å²) in [6, 6.07) is 0. The van der Waals surface area contributed by atoms with E-state index in [-0.39, 0.29) is 30.1 Å². The molecule has 0 aromatic carbocycles. The van der Waals surface area contributed by atoms with Crippen LogP contribution in [0, 0.1) is 56.7 Å². The molecule has 3 saturated heterocycles. The topological polar surface area (TPSA) is 335 Å². The molecule has 3 heterocycles. The first-order chi connectivity index (χ1) is 31.8. The van der Waals surface area contributed by atoms with Crippen molar-refractivity contribution in [3.8, 4) is 0 Å². The number of carbonyl (C=O) groups excluding carboxylic acids is 1. The highest BCUT2D eigenvalue weighted by molar-refractivity contribution is 5.79. The molecule has 7 fully saturated rings. The first-order valence-corrected chi connectivity index (χ1v) is 24.6. The lowest BCUT2D eigenvalue weighted by molar-refractivity contribution is -0.361. The molecule has 68 heavy (non-hydrogen) atoms. The van der Waals surface area contributed by atoms with Gasteiger partial charge in [-0.05, 0) is 91.8 Å². The Morgan fingerprint density at radius 2 is 1.34 bits per heavy atom. The summed E-state index contributed by atoms with van der Waals surface area (Å²) in [7, 11) is 0. The number of aliphatic hydroxyl groups excluding tert-OH is 13. The molecule has 13 N–H and O–H groups in total. The van der Waals surface area contributed by atoms with E-state index in [0.29, 0.717) is 38.5 Å². The molecule has 0 bridgehead atoms. The van der Waals surface area contributed by atoms with Crippen LogP contribution >= 0.6 is 0 Å². The van der Waals surface area contributed by atoms with Gasteiger partial charge in [0.05, 0.1) is 49.7 Å². The van der Waals surface area contributed by atoms with E-state index in [1.165, 1.54) is 6.92 Å². The van der Waals surface area contributed by atoms with Gasteiger partial charge in [-0.2, -0.15) is 0 Å². The molecule has 8 aliphatic rings. The summed E-state index contributed by atoms with van der Waals surface area (Å²) >= 11 is 0. The number of hydrogen-bond acceptors (Lipinski definition) is 20. The molecule has 20 heteroatoms. The van der Waals surface area contributed by atoms with Crippen LogP contribution in [0.15, 0.2) is 11.6 Å². The number of allylic oxidation sites excluding steroid dienone is 2. The summed E-state index contributed by atoms with van der Waals surface area (Å²) in [5.41, 5.74) is -2.84. The number of carbonyl (C=O) groups is 1. The molecule has 390 valence electrons. The van der Waals surface area contributed by atoms with Crippen molar-refractivity contribution >= 4 is 5.97 Å². The van der Waals surface area contributed by atoms with Crippen LogP contribution in [0.4, 0.5) is 0 Å². The lowest BCUT2D eigenvalue weighted by atomic mass is 9.32. The van der Waals surface area contributed by atoms with E-state index in [9.17, 15) is 66.4 Å². The quantitative estimate of drug-likeness (QED) is 0.0873. The van der Waals surface area contributed by atoms with Crippen molar-refractivity contribution in [1.29, 1.82) is 0 Å². The number of fused-ring (bicyclic) bond motifs is 7. The predicted molar refractivity (Wildman–Crippen MR) is 233 cm³/mol. The van der Waals surface area contributed by atoms with Gasteiger partial charge in [-0.3, -0.25) is 4.79 Å². The Morgan fingerprint density at radius 1 is 0.706 bits per heavy atom. The van der Waals surface area contributed by atoms with Crippen LogP contribution in [0.2, 0.25) is 0 Å². The minimum Gasteiger partial charge on any atom is -0.432 e. The van der Waals surface area contributed by atoms with Gasteiger partial charge in [0.1, 0.15) is 67.1 Å². The van der Waals surface area contributed by atoms with Crippen molar-refractivity contribution < 1.29 is 99.6 Å². The van der Waals surface area contributed by atoms with Gasteiger partial charge in [0.2, 0.25) is 6.29 Å². The second-order valence-corrected chi connectivity index (χ2v) is 23.1. The summed E-state index contributed by atoms with van der Waals surface area (Å²) in [5.74, 6) is -1.31. The maximum atomic E-state index is 15.0. The minimum atomic E-state index is -1.89. The van der Waals surface area contributed by atoms with E-state index >= 15 is 4.79 Å². The summed E-state index contributed by atoms with van der Waals surface area (Å²) in [6.07, 6.45) is -22.3. The van der Waals surface area contributed by atoms with Crippen LogP contribution in [0.3, 0.4) is 0 Å². The van der Waals surface area contributed by atoms with Crippen LogP contribution in [-0.4, -0.2) is 203 Å². The second kappa shape index (κ2) is 18.8. The average molecular weight is 975 g/mol. The fraction of sp³-hybridized carbons (Fsp3) is 0.938. The third kappa shape index (κ3) is 7.89. The number of aliphatic hydroxyl groups is 13. The van der Waals surface area contributed by atoms with Gasteiger partial charge < -0.3 is 94.8 Å². The zero-order chi connectivity index (χ0) is 50.0. The highest BCUT2D eigenvalue weighted by atomic mass is 16.8. The molecule has 28 atom stereocenters. The van der Waals surface area contributed by atoms with Crippen molar-refractivity contribution in [3.05, 3.63) is 11.6 Å². The minimum absolute atomic E-state index is 0.0115. The summed E-state index contributed by atoms with van der Waals surface area (Å²) in [5, 5.41) is 142. The largest absolute Gasteiger partial charge is 0.432 e. The van der Waals surface area contributed by atoms with Crippen LogP contribution in [0.5, 0.6) is 0 Å². The number of esters is 1. The van der Waals surface area contributed by atoms with Gasteiger partial charge in [0.15, 0.2) is 12.6 Å². The summed E-state index contributed by atoms with van der Waals surface area (Å²) in [4.78, 5) is 15.0. The molecule has 0 spiro atoms. The Hall–Kier alpha value is -1.51. The lowest BCUT2D eigenvalue weighted by Crippen LogP contribution is -2.71. The first kappa shape index (κ1) is 52.8. The Morgan fingerprint density at radius 3 is 2.00 bits per heavy atom. The fourth-order valence-electron chi connectivity index (χ4n) is 15.4. The number of hydrogen-bond donors (Lipinski definition) is 13. The zero-order valence-corrected chi connectivity index (χ0v) is 40.1. The number of rotatable bonds is 9. The number of ether oxygens (including phenoxy) is 6. The molecule has 20 nitrogen and oxygen atoms in total. The van der Waals surface area contributed by atoms with E-state index in [2.05, 4.69) is 40.7 Å². The van der Waals surface area contributed by atoms with Crippen LogP contribution in [0.25, 0.3) is 0 Å². The zero-order valence-electron chi connectivity index (χ0n) is 40.1. The van der Waals surface area contributed by atoms with E-state index in [1.54, 1.807) is 6.92 Å². The van der Waals surface area contributed by atoms with Gasteiger partial charge in [-0.15, -0.1) is 0 Å². The van der Waals surface area contributed by atoms with Gasteiger partial charge in [-0.25, -0.2) is 0 Å². The van der Waals surface area contributed by atoms with Crippen LogP contribution < -0.4 is 0 Å². The molecule has 8 rings (SSSR count). The van der Waals surface area contributed by atoms with E-state index in [4.69, 9.17) is 28.4 Å². The molecule has 0 amide bonds. The summed E-state index contributed by atoms with van der Waals surface area (Å²) < 4.78 is 34.6. The van der Waals surface area contributed by atoms with Gasteiger partial charge >= 0.3 is 5.97 Å².